The molecule has 92 valence electrons. The highest BCUT2D eigenvalue weighted by molar-refractivity contribution is 7.88. The van der Waals surface area contributed by atoms with Crippen molar-refractivity contribution < 1.29 is 12.9 Å². The molecule has 0 aliphatic carbocycles. The summed E-state index contributed by atoms with van der Waals surface area (Å²) in [6.45, 7) is 1.77. The summed E-state index contributed by atoms with van der Waals surface area (Å²) in [7, 11) is -3.46. The fraction of sp³-hybridized carbons (Fsp3) is 0.375. The van der Waals surface area contributed by atoms with Crippen LogP contribution in [0.15, 0.2) is 16.9 Å². The van der Waals surface area contributed by atoms with E-state index in [-0.39, 0.29) is 12.3 Å². The first-order valence-electron chi connectivity index (χ1n) is 4.79. The molecule has 2 aromatic heterocycles. The van der Waals surface area contributed by atoms with Crippen molar-refractivity contribution in [2.45, 2.75) is 19.2 Å². The zero-order valence-corrected chi connectivity index (χ0v) is 9.86. The van der Waals surface area contributed by atoms with E-state index in [4.69, 9.17) is 4.52 Å². The maximum atomic E-state index is 11.6. The Kier molecular flexibility index (Phi) is 3.20. The van der Waals surface area contributed by atoms with Crippen molar-refractivity contribution in [3.63, 3.8) is 0 Å². The van der Waals surface area contributed by atoms with Crippen LogP contribution in [0.25, 0.3) is 0 Å². The van der Waals surface area contributed by atoms with E-state index in [1.54, 1.807) is 13.0 Å². The van der Waals surface area contributed by atoms with E-state index in [2.05, 4.69) is 25.1 Å². The smallest absolute Gasteiger partial charge is 0.217 e. The lowest BCUT2D eigenvalue weighted by atomic mass is 10.4. The van der Waals surface area contributed by atoms with E-state index in [1.807, 2.05) is 0 Å². The van der Waals surface area contributed by atoms with Crippen molar-refractivity contribution in [3.8, 4) is 0 Å². The standard InChI is InChI=1S/C8H11N5O3S/c1-6-2-7(13-16-6)4-17(14,15)11-3-8-9-5-10-12-8/h2,5,11H,3-4H2,1H3,(H,9,10,12). The summed E-state index contributed by atoms with van der Waals surface area (Å²) in [6.07, 6.45) is 1.31. The van der Waals surface area contributed by atoms with Gasteiger partial charge in [-0.2, -0.15) is 5.10 Å². The Balaban J connectivity index is 1.95. The highest BCUT2D eigenvalue weighted by Crippen LogP contribution is 2.05. The molecule has 0 fully saturated rings. The largest absolute Gasteiger partial charge is 0.361 e. The number of hydrogen-bond acceptors (Lipinski definition) is 6. The minimum atomic E-state index is -3.46. The summed E-state index contributed by atoms with van der Waals surface area (Å²) in [4.78, 5) is 3.80. The lowest BCUT2D eigenvalue weighted by molar-refractivity contribution is 0.392. The van der Waals surface area contributed by atoms with Crippen LogP contribution < -0.4 is 4.72 Å². The molecule has 0 aromatic carbocycles. The van der Waals surface area contributed by atoms with Crippen molar-refractivity contribution in [1.82, 2.24) is 25.1 Å². The topological polar surface area (TPSA) is 114 Å². The average molecular weight is 257 g/mol. The van der Waals surface area contributed by atoms with Crippen molar-refractivity contribution in [1.29, 1.82) is 0 Å². The molecule has 0 saturated carbocycles. The minimum Gasteiger partial charge on any atom is -0.361 e. The summed E-state index contributed by atoms with van der Waals surface area (Å²) in [5.41, 5.74) is 0.368. The molecule has 0 unspecified atom stereocenters. The van der Waals surface area contributed by atoms with Gasteiger partial charge in [0, 0.05) is 6.07 Å². The van der Waals surface area contributed by atoms with Gasteiger partial charge in [-0.3, -0.25) is 5.10 Å². The predicted octanol–water partition coefficient (Wildman–Crippen LogP) is -0.279. The molecule has 0 radical (unpaired) electrons. The number of nitrogens with one attached hydrogen (secondary N) is 2. The van der Waals surface area contributed by atoms with Crippen LogP contribution in [0, 0.1) is 6.92 Å². The van der Waals surface area contributed by atoms with Crippen molar-refractivity contribution >= 4 is 10.0 Å². The van der Waals surface area contributed by atoms with Gasteiger partial charge in [0.2, 0.25) is 10.0 Å². The molecule has 17 heavy (non-hydrogen) atoms. The van der Waals surface area contributed by atoms with Crippen LogP contribution in [0.5, 0.6) is 0 Å². The normalized spacial score (nSPS) is 11.8. The number of aromatic amines is 1. The van der Waals surface area contributed by atoms with Crippen molar-refractivity contribution in [2.75, 3.05) is 0 Å². The first-order chi connectivity index (χ1) is 8.05. The first kappa shape index (κ1) is 11.7. The SMILES string of the molecule is Cc1cc(CS(=O)(=O)NCc2ncn[nH]2)no1. The molecule has 2 N–H and O–H groups in total. The molecule has 0 spiro atoms. The molecule has 0 aliphatic heterocycles. The molecule has 0 amide bonds. The maximum absolute atomic E-state index is 11.6. The summed E-state index contributed by atoms with van der Waals surface area (Å²) < 4.78 is 30.5. The highest BCUT2D eigenvalue weighted by atomic mass is 32.2. The molecule has 0 bridgehead atoms. The van der Waals surface area contributed by atoms with Gasteiger partial charge in [-0.05, 0) is 6.92 Å². The molecule has 2 heterocycles. The molecule has 0 atom stereocenters. The summed E-state index contributed by atoms with van der Waals surface area (Å²) in [5, 5.41) is 9.78. The van der Waals surface area contributed by atoms with E-state index in [1.165, 1.54) is 6.33 Å². The molecule has 0 saturated heterocycles. The molecule has 2 aromatic rings. The average Bonchev–Trinajstić information content (AvgIpc) is 2.86. The van der Waals surface area contributed by atoms with Crippen LogP contribution in [0.4, 0.5) is 0 Å². The lowest BCUT2D eigenvalue weighted by Gasteiger charge is -2.02. The van der Waals surface area contributed by atoms with Crippen LogP contribution in [0.2, 0.25) is 0 Å². The Morgan fingerprint density at radius 2 is 2.35 bits per heavy atom. The van der Waals surface area contributed by atoms with E-state index in [9.17, 15) is 8.42 Å². The fourth-order valence-corrected chi connectivity index (χ4v) is 2.21. The predicted molar refractivity (Wildman–Crippen MR) is 57.1 cm³/mol. The number of aryl methyl sites for hydroxylation is 1. The zero-order valence-electron chi connectivity index (χ0n) is 9.04. The van der Waals surface area contributed by atoms with Crippen LogP contribution in [-0.4, -0.2) is 28.8 Å². The molecule has 9 heteroatoms. The van der Waals surface area contributed by atoms with E-state index in [0.29, 0.717) is 17.3 Å². The Morgan fingerprint density at radius 3 is 2.94 bits per heavy atom. The van der Waals surface area contributed by atoms with Crippen molar-refractivity contribution in [3.05, 3.63) is 29.7 Å². The second-order valence-electron chi connectivity index (χ2n) is 3.44. The third-order valence-corrected chi connectivity index (χ3v) is 3.20. The van der Waals surface area contributed by atoms with Gasteiger partial charge >= 0.3 is 0 Å². The third kappa shape index (κ3) is 3.36. The monoisotopic (exact) mass is 257 g/mol. The summed E-state index contributed by atoms with van der Waals surface area (Å²) in [5.74, 6) is 0.800. The van der Waals surface area contributed by atoms with Gasteiger partial charge in [0.25, 0.3) is 0 Å². The summed E-state index contributed by atoms with van der Waals surface area (Å²) in [6, 6.07) is 1.58. The van der Waals surface area contributed by atoms with Gasteiger partial charge in [0.1, 0.15) is 29.4 Å². The number of sulfonamides is 1. The van der Waals surface area contributed by atoms with Gasteiger partial charge in [-0.25, -0.2) is 18.1 Å². The highest BCUT2D eigenvalue weighted by Gasteiger charge is 2.14. The van der Waals surface area contributed by atoms with Gasteiger partial charge in [-0.15, -0.1) is 0 Å². The molecular weight excluding hydrogens is 246 g/mol. The summed E-state index contributed by atoms with van der Waals surface area (Å²) >= 11 is 0. The van der Waals surface area contributed by atoms with Gasteiger partial charge in [0.15, 0.2) is 0 Å². The minimum absolute atomic E-state index is 0.0686. The van der Waals surface area contributed by atoms with Gasteiger partial charge in [-0.1, -0.05) is 5.16 Å². The molecule has 8 nitrogen and oxygen atoms in total. The van der Waals surface area contributed by atoms with Crippen LogP contribution in [0.3, 0.4) is 0 Å². The second-order valence-corrected chi connectivity index (χ2v) is 5.25. The van der Waals surface area contributed by atoms with E-state index in [0.717, 1.165) is 0 Å². The van der Waals surface area contributed by atoms with Crippen molar-refractivity contribution in [2.24, 2.45) is 0 Å². The quantitative estimate of drug-likeness (QED) is 0.761. The maximum Gasteiger partial charge on any atom is 0.217 e. The second kappa shape index (κ2) is 4.63. The van der Waals surface area contributed by atoms with Crippen LogP contribution in [0.1, 0.15) is 17.3 Å². The third-order valence-electron chi connectivity index (χ3n) is 1.94. The Hall–Kier alpha value is -1.74. The van der Waals surface area contributed by atoms with E-state index >= 15 is 0 Å². The molecule has 0 aliphatic rings. The number of rotatable bonds is 5. The zero-order chi connectivity index (χ0) is 12.3. The number of hydrogen-bond donors (Lipinski definition) is 2. The fourth-order valence-electron chi connectivity index (χ4n) is 1.23. The Labute approximate surface area is 97.5 Å². The molecular formula is C8H11N5O3S. The Morgan fingerprint density at radius 1 is 1.53 bits per heavy atom. The number of aromatic nitrogens is 4. The molecule has 2 rings (SSSR count). The van der Waals surface area contributed by atoms with Crippen LogP contribution in [-0.2, 0) is 22.3 Å². The number of H-pyrrole nitrogens is 1. The first-order valence-corrected chi connectivity index (χ1v) is 6.44. The Bertz CT molecular complexity index is 574. The van der Waals surface area contributed by atoms with Gasteiger partial charge < -0.3 is 4.52 Å². The number of nitrogens with zero attached hydrogens (tertiary/aromatic N) is 3. The van der Waals surface area contributed by atoms with E-state index < -0.39 is 10.0 Å². The van der Waals surface area contributed by atoms with Gasteiger partial charge in [0.05, 0.1) is 6.54 Å². The lowest BCUT2D eigenvalue weighted by Crippen LogP contribution is -2.25. The van der Waals surface area contributed by atoms with Crippen LogP contribution >= 0.6 is 0 Å².